The summed E-state index contributed by atoms with van der Waals surface area (Å²) in [6.07, 6.45) is 0. The van der Waals surface area contributed by atoms with Gasteiger partial charge in [-0.3, -0.25) is 0 Å². The van der Waals surface area contributed by atoms with Crippen LogP contribution in [-0.4, -0.2) is 14.2 Å². The lowest BCUT2D eigenvalue weighted by Crippen LogP contribution is -1.95. The summed E-state index contributed by atoms with van der Waals surface area (Å²) in [7, 11) is 3.38. The van der Waals surface area contributed by atoms with E-state index in [1.54, 1.807) is 14.2 Å². The molecule has 0 aliphatic carbocycles. The lowest BCUT2D eigenvalue weighted by molar-refractivity contribution is 0.419. The van der Waals surface area contributed by atoms with Gasteiger partial charge in [0.25, 0.3) is 0 Å². The number of hydrogen-bond donors (Lipinski definition) is 1. The quantitative estimate of drug-likeness (QED) is 0.521. The number of nitrogens with two attached hydrogens (primary N) is 1. The van der Waals surface area contributed by atoms with Gasteiger partial charge in [-0.05, 0) is 46.7 Å². The number of methoxy groups -OCH3 is 2. The van der Waals surface area contributed by atoms with Crippen molar-refractivity contribution in [2.45, 2.75) is 0 Å². The van der Waals surface area contributed by atoms with Crippen LogP contribution in [0.25, 0.3) is 32.7 Å². The van der Waals surface area contributed by atoms with Gasteiger partial charge in [0.15, 0.2) is 0 Å². The van der Waals surface area contributed by atoms with Gasteiger partial charge in [-0.1, -0.05) is 36.4 Å². The number of rotatable bonds is 3. The molecule has 0 atom stereocenters. The minimum Gasteiger partial charge on any atom is -0.496 e. The standard InChI is InChI=1S/C22H19NO2/c1-24-20-9-5-8-17-16(20)10-12-19(23)22(17)18-11-13-21(25-2)15-7-4-3-6-14(15)18/h3-13H,23H2,1-2H3. The van der Waals surface area contributed by atoms with Crippen molar-refractivity contribution in [2.24, 2.45) is 0 Å². The molecule has 0 fully saturated rings. The summed E-state index contributed by atoms with van der Waals surface area (Å²) in [5.41, 5.74) is 9.26. The molecule has 0 saturated carbocycles. The molecule has 0 saturated heterocycles. The highest BCUT2D eigenvalue weighted by molar-refractivity contribution is 6.11. The summed E-state index contributed by atoms with van der Waals surface area (Å²) in [4.78, 5) is 0. The average molecular weight is 329 g/mol. The molecule has 0 aliphatic rings. The SMILES string of the molecule is COc1ccc(-c2c(N)ccc3c(OC)cccc23)c2ccccc12. The topological polar surface area (TPSA) is 44.5 Å². The van der Waals surface area contributed by atoms with E-state index in [0.29, 0.717) is 0 Å². The van der Waals surface area contributed by atoms with Gasteiger partial charge < -0.3 is 15.2 Å². The van der Waals surface area contributed by atoms with E-state index in [1.807, 2.05) is 42.5 Å². The minimum atomic E-state index is 0.746. The molecule has 3 nitrogen and oxygen atoms in total. The van der Waals surface area contributed by atoms with Gasteiger partial charge in [-0.2, -0.15) is 0 Å². The van der Waals surface area contributed by atoms with Crippen molar-refractivity contribution in [1.82, 2.24) is 0 Å². The molecule has 0 unspecified atom stereocenters. The zero-order chi connectivity index (χ0) is 17.4. The Morgan fingerprint density at radius 3 is 2.00 bits per heavy atom. The largest absolute Gasteiger partial charge is 0.496 e. The average Bonchev–Trinajstić information content (AvgIpc) is 2.67. The number of fused-ring (bicyclic) bond motifs is 2. The highest BCUT2D eigenvalue weighted by Crippen LogP contribution is 2.42. The first-order valence-corrected chi connectivity index (χ1v) is 8.16. The summed E-state index contributed by atoms with van der Waals surface area (Å²) in [6.45, 7) is 0. The monoisotopic (exact) mass is 329 g/mol. The molecule has 4 aromatic rings. The Kier molecular flexibility index (Phi) is 3.69. The minimum absolute atomic E-state index is 0.746. The van der Waals surface area contributed by atoms with E-state index in [0.717, 1.165) is 49.9 Å². The Bertz CT molecular complexity index is 1090. The zero-order valence-electron chi connectivity index (χ0n) is 14.2. The summed E-state index contributed by atoms with van der Waals surface area (Å²) in [5, 5.41) is 4.31. The molecule has 0 amide bonds. The molecule has 0 aromatic heterocycles. The van der Waals surface area contributed by atoms with Crippen LogP contribution in [0.5, 0.6) is 11.5 Å². The van der Waals surface area contributed by atoms with Crippen molar-refractivity contribution in [1.29, 1.82) is 0 Å². The predicted octanol–water partition coefficient (Wildman–Crippen LogP) is 5.26. The normalized spacial score (nSPS) is 11.0. The third-order valence-corrected chi connectivity index (χ3v) is 4.65. The number of benzene rings is 4. The highest BCUT2D eigenvalue weighted by atomic mass is 16.5. The Morgan fingerprint density at radius 2 is 1.24 bits per heavy atom. The smallest absolute Gasteiger partial charge is 0.126 e. The lowest BCUT2D eigenvalue weighted by atomic mass is 9.92. The molecule has 25 heavy (non-hydrogen) atoms. The fourth-order valence-corrected chi connectivity index (χ4v) is 3.49. The Labute approximate surface area is 146 Å². The molecule has 4 aromatic carbocycles. The van der Waals surface area contributed by atoms with Crippen molar-refractivity contribution in [3.63, 3.8) is 0 Å². The number of hydrogen-bond acceptors (Lipinski definition) is 3. The highest BCUT2D eigenvalue weighted by Gasteiger charge is 2.14. The molecule has 0 radical (unpaired) electrons. The summed E-state index contributed by atoms with van der Waals surface area (Å²) in [6, 6.07) is 22.3. The fourth-order valence-electron chi connectivity index (χ4n) is 3.49. The van der Waals surface area contributed by atoms with Crippen LogP contribution in [0.2, 0.25) is 0 Å². The van der Waals surface area contributed by atoms with Crippen LogP contribution >= 0.6 is 0 Å². The third kappa shape index (κ3) is 2.36. The number of anilines is 1. The molecule has 2 N–H and O–H groups in total. The van der Waals surface area contributed by atoms with Crippen LogP contribution < -0.4 is 15.2 Å². The summed E-state index contributed by atoms with van der Waals surface area (Å²) < 4.78 is 11.0. The molecule has 0 aliphatic heterocycles. The fraction of sp³-hybridized carbons (Fsp3) is 0.0909. The van der Waals surface area contributed by atoms with Crippen molar-refractivity contribution >= 4 is 27.2 Å². The van der Waals surface area contributed by atoms with Crippen LogP contribution in [-0.2, 0) is 0 Å². The second-order valence-electron chi connectivity index (χ2n) is 5.95. The maximum absolute atomic E-state index is 6.40. The first-order chi connectivity index (χ1) is 12.2. The van der Waals surface area contributed by atoms with Crippen molar-refractivity contribution in [3.8, 4) is 22.6 Å². The molecular weight excluding hydrogens is 310 g/mol. The molecule has 0 spiro atoms. The second-order valence-corrected chi connectivity index (χ2v) is 5.95. The van der Waals surface area contributed by atoms with Crippen molar-refractivity contribution in [2.75, 3.05) is 20.0 Å². The molecule has 0 heterocycles. The van der Waals surface area contributed by atoms with E-state index in [4.69, 9.17) is 15.2 Å². The number of ether oxygens (including phenoxy) is 2. The van der Waals surface area contributed by atoms with Gasteiger partial charge in [0.2, 0.25) is 0 Å². The molecule has 124 valence electrons. The van der Waals surface area contributed by atoms with Crippen LogP contribution in [0.4, 0.5) is 5.69 Å². The van der Waals surface area contributed by atoms with E-state index in [2.05, 4.69) is 24.3 Å². The van der Waals surface area contributed by atoms with E-state index in [9.17, 15) is 0 Å². The first kappa shape index (κ1) is 15.3. The van der Waals surface area contributed by atoms with Crippen LogP contribution in [0.1, 0.15) is 0 Å². The van der Waals surface area contributed by atoms with E-state index < -0.39 is 0 Å². The molecule has 0 bridgehead atoms. The van der Waals surface area contributed by atoms with Crippen LogP contribution in [0.3, 0.4) is 0 Å². The third-order valence-electron chi connectivity index (χ3n) is 4.65. The Hall–Kier alpha value is -3.20. The maximum Gasteiger partial charge on any atom is 0.126 e. The van der Waals surface area contributed by atoms with E-state index in [1.165, 1.54) is 0 Å². The van der Waals surface area contributed by atoms with Gasteiger partial charge in [0.05, 0.1) is 14.2 Å². The number of nitrogen functional groups attached to an aromatic ring is 1. The van der Waals surface area contributed by atoms with Gasteiger partial charge in [-0.15, -0.1) is 0 Å². The molecule has 4 rings (SSSR count). The van der Waals surface area contributed by atoms with Gasteiger partial charge >= 0.3 is 0 Å². The van der Waals surface area contributed by atoms with Gasteiger partial charge in [-0.25, -0.2) is 0 Å². The van der Waals surface area contributed by atoms with Crippen molar-refractivity contribution < 1.29 is 9.47 Å². The zero-order valence-corrected chi connectivity index (χ0v) is 14.2. The van der Waals surface area contributed by atoms with Gasteiger partial charge in [0.1, 0.15) is 11.5 Å². The molecular formula is C22H19NO2. The lowest BCUT2D eigenvalue weighted by Gasteiger charge is -2.16. The Morgan fingerprint density at radius 1 is 0.600 bits per heavy atom. The summed E-state index contributed by atoms with van der Waals surface area (Å²) >= 11 is 0. The summed E-state index contributed by atoms with van der Waals surface area (Å²) in [5.74, 6) is 1.70. The second kappa shape index (κ2) is 6.02. The molecule has 3 heteroatoms. The van der Waals surface area contributed by atoms with E-state index >= 15 is 0 Å². The first-order valence-electron chi connectivity index (χ1n) is 8.16. The van der Waals surface area contributed by atoms with Crippen molar-refractivity contribution in [3.05, 3.63) is 66.7 Å². The Balaban J connectivity index is 2.13. The van der Waals surface area contributed by atoms with Gasteiger partial charge in [0, 0.05) is 22.0 Å². The van der Waals surface area contributed by atoms with E-state index in [-0.39, 0.29) is 0 Å². The van der Waals surface area contributed by atoms with Crippen LogP contribution in [0, 0.1) is 0 Å². The van der Waals surface area contributed by atoms with Crippen LogP contribution in [0.15, 0.2) is 66.7 Å². The predicted molar refractivity (Wildman–Crippen MR) is 104 cm³/mol. The maximum atomic E-state index is 6.40.